The van der Waals surface area contributed by atoms with E-state index in [9.17, 15) is 14.7 Å². The summed E-state index contributed by atoms with van der Waals surface area (Å²) in [6.07, 6.45) is -0.264. The Kier molecular flexibility index (Phi) is 3.57. The number of hydrogen-bond acceptors (Lipinski definition) is 3. The van der Waals surface area contributed by atoms with Crippen molar-refractivity contribution in [3.63, 3.8) is 0 Å². The molecule has 1 heterocycles. The summed E-state index contributed by atoms with van der Waals surface area (Å²) in [4.78, 5) is 24.9. The number of benzene rings is 2. The van der Waals surface area contributed by atoms with Gasteiger partial charge in [0.2, 0.25) is 0 Å². The average molecular weight is 309 g/mol. The summed E-state index contributed by atoms with van der Waals surface area (Å²) in [6, 6.07) is 11.0. The molecule has 0 saturated heterocycles. The summed E-state index contributed by atoms with van der Waals surface area (Å²) in [5.74, 6) is -0.782. The van der Waals surface area contributed by atoms with Crippen molar-refractivity contribution in [2.45, 2.75) is 32.8 Å². The van der Waals surface area contributed by atoms with E-state index >= 15 is 0 Å². The van der Waals surface area contributed by atoms with Gasteiger partial charge in [0.1, 0.15) is 0 Å². The van der Waals surface area contributed by atoms with Gasteiger partial charge in [-0.2, -0.15) is 0 Å². The number of carbonyl (C=O) groups excluding carboxylic acids is 2. The molecule has 4 heteroatoms. The highest BCUT2D eigenvalue weighted by atomic mass is 16.3. The molecule has 2 aromatic rings. The lowest BCUT2D eigenvalue weighted by atomic mass is 9.86. The van der Waals surface area contributed by atoms with E-state index in [1.165, 1.54) is 0 Å². The van der Waals surface area contributed by atoms with E-state index in [0.29, 0.717) is 16.8 Å². The Morgan fingerprint density at radius 3 is 2.48 bits per heavy atom. The highest BCUT2D eigenvalue weighted by Gasteiger charge is 2.46. The minimum absolute atomic E-state index is 0.238. The number of rotatable bonds is 3. The second-order valence-electron chi connectivity index (χ2n) is 6.28. The van der Waals surface area contributed by atoms with Crippen LogP contribution in [0.4, 0.5) is 5.69 Å². The Morgan fingerprint density at radius 1 is 1.09 bits per heavy atom. The number of carbonyl (C=O) groups is 2. The Labute approximate surface area is 135 Å². The van der Waals surface area contributed by atoms with Crippen LogP contribution < -0.4 is 5.32 Å². The summed E-state index contributed by atoms with van der Waals surface area (Å²) in [6.45, 7) is 5.64. The van der Waals surface area contributed by atoms with Crippen LogP contribution in [0.1, 0.15) is 39.0 Å². The maximum absolute atomic E-state index is 12.7. The molecule has 1 aliphatic heterocycles. The summed E-state index contributed by atoms with van der Waals surface area (Å²) in [7, 11) is 0. The van der Waals surface area contributed by atoms with Crippen molar-refractivity contribution in [3.8, 4) is 0 Å². The summed E-state index contributed by atoms with van der Waals surface area (Å²) in [5, 5.41) is 13.6. The Morgan fingerprint density at radius 2 is 1.74 bits per heavy atom. The van der Waals surface area contributed by atoms with Gasteiger partial charge in [0, 0.05) is 16.8 Å². The predicted octanol–water partition coefficient (Wildman–Crippen LogP) is 3.02. The van der Waals surface area contributed by atoms with Gasteiger partial charge in [0.05, 0.1) is 6.42 Å². The molecule has 0 radical (unpaired) electrons. The SMILES string of the molecule is Cc1ccc(C)c(C(=O)CC2(O)C(=O)Nc3ccc(C)cc32)c1. The summed E-state index contributed by atoms with van der Waals surface area (Å²) < 4.78 is 0. The second-order valence-corrected chi connectivity index (χ2v) is 6.28. The number of Topliss-reactive ketones (excluding diaryl/α,β-unsaturated/α-hetero) is 1. The van der Waals surface area contributed by atoms with Crippen molar-refractivity contribution in [2.75, 3.05) is 5.32 Å². The van der Waals surface area contributed by atoms with Crippen LogP contribution in [0.5, 0.6) is 0 Å². The van der Waals surface area contributed by atoms with Gasteiger partial charge in [-0.25, -0.2) is 0 Å². The molecule has 0 spiro atoms. The number of nitrogens with one attached hydrogen (secondary N) is 1. The first-order chi connectivity index (χ1) is 10.8. The normalized spacial score (nSPS) is 19.4. The highest BCUT2D eigenvalue weighted by Crippen LogP contribution is 2.39. The van der Waals surface area contributed by atoms with Gasteiger partial charge in [-0.15, -0.1) is 0 Å². The van der Waals surface area contributed by atoms with Crippen molar-refractivity contribution in [1.82, 2.24) is 0 Å². The smallest absolute Gasteiger partial charge is 0.261 e. The van der Waals surface area contributed by atoms with E-state index in [1.54, 1.807) is 18.2 Å². The fourth-order valence-corrected chi connectivity index (χ4v) is 3.00. The molecule has 4 nitrogen and oxygen atoms in total. The summed E-state index contributed by atoms with van der Waals surface area (Å²) in [5.41, 5.74) is 2.52. The number of fused-ring (bicyclic) bond motifs is 1. The van der Waals surface area contributed by atoms with Gasteiger partial charge in [0.15, 0.2) is 11.4 Å². The van der Waals surface area contributed by atoms with Crippen molar-refractivity contribution in [2.24, 2.45) is 0 Å². The Hall–Kier alpha value is -2.46. The topological polar surface area (TPSA) is 66.4 Å². The monoisotopic (exact) mass is 309 g/mol. The molecule has 1 atom stereocenters. The molecule has 1 amide bonds. The first-order valence-corrected chi connectivity index (χ1v) is 7.57. The number of aliphatic hydroxyl groups is 1. The quantitative estimate of drug-likeness (QED) is 0.857. The van der Waals surface area contributed by atoms with Crippen LogP contribution in [0.15, 0.2) is 36.4 Å². The van der Waals surface area contributed by atoms with Crippen molar-refractivity contribution < 1.29 is 14.7 Å². The van der Waals surface area contributed by atoms with Gasteiger partial charge in [-0.05, 0) is 38.5 Å². The number of aryl methyl sites for hydroxylation is 3. The largest absolute Gasteiger partial charge is 0.375 e. The lowest BCUT2D eigenvalue weighted by Gasteiger charge is -2.21. The zero-order valence-corrected chi connectivity index (χ0v) is 13.4. The number of ketones is 1. The van der Waals surface area contributed by atoms with Crippen LogP contribution in [0.2, 0.25) is 0 Å². The maximum Gasteiger partial charge on any atom is 0.261 e. The van der Waals surface area contributed by atoms with Gasteiger partial charge < -0.3 is 10.4 Å². The van der Waals surface area contributed by atoms with Crippen LogP contribution >= 0.6 is 0 Å². The maximum atomic E-state index is 12.7. The Bertz CT molecular complexity index is 825. The van der Waals surface area contributed by atoms with E-state index in [-0.39, 0.29) is 12.2 Å². The summed E-state index contributed by atoms with van der Waals surface area (Å²) >= 11 is 0. The zero-order valence-electron chi connectivity index (χ0n) is 13.4. The number of amides is 1. The standard InChI is InChI=1S/C19H19NO3/c1-11-4-6-13(3)14(8-11)17(21)10-19(23)15-9-12(2)5-7-16(15)20-18(19)22/h4-9,23H,10H2,1-3H3,(H,20,22). The van der Waals surface area contributed by atoms with Crippen molar-refractivity contribution in [3.05, 3.63) is 64.2 Å². The average Bonchev–Trinajstić information content (AvgIpc) is 2.73. The minimum Gasteiger partial charge on any atom is -0.375 e. The lowest BCUT2D eigenvalue weighted by Crippen LogP contribution is -2.36. The van der Waals surface area contributed by atoms with E-state index in [1.807, 2.05) is 39.0 Å². The van der Waals surface area contributed by atoms with Gasteiger partial charge in [-0.1, -0.05) is 35.4 Å². The van der Waals surface area contributed by atoms with E-state index < -0.39 is 11.5 Å². The van der Waals surface area contributed by atoms with Gasteiger partial charge >= 0.3 is 0 Å². The minimum atomic E-state index is -1.81. The molecular weight excluding hydrogens is 290 g/mol. The van der Waals surface area contributed by atoms with E-state index in [0.717, 1.165) is 16.7 Å². The lowest BCUT2D eigenvalue weighted by molar-refractivity contribution is -0.133. The van der Waals surface area contributed by atoms with E-state index in [2.05, 4.69) is 5.32 Å². The molecule has 118 valence electrons. The fourth-order valence-electron chi connectivity index (χ4n) is 3.00. The van der Waals surface area contributed by atoms with Crippen molar-refractivity contribution >= 4 is 17.4 Å². The fraction of sp³-hybridized carbons (Fsp3) is 0.263. The molecule has 0 saturated carbocycles. The van der Waals surface area contributed by atoms with Crippen LogP contribution in [0.3, 0.4) is 0 Å². The van der Waals surface area contributed by atoms with Crippen LogP contribution in [0.25, 0.3) is 0 Å². The van der Waals surface area contributed by atoms with Crippen LogP contribution in [-0.2, 0) is 10.4 Å². The van der Waals surface area contributed by atoms with Crippen LogP contribution in [0, 0.1) is 20.8 Å². The predicted molar refractivity (Wildman–Crippen MR) is 88.6 cm³/mol. The third kappa shape index (κ3) is 2.55. The third-order valence-electron chi connectivity index (χ3n) is 4.35. The molecule has 0 fully saturated rings. The first kappa shape index (κ1) is 15.4. The van der Waals surface area contributed by atoms with Gasteiger partial charge in [0.25, 0.3) is 5.91 Å². The molecule has 0 aromatic heterocycles. The van der Waals surface area contributed by atoms with Crippen LogP contribution in [-0.4, -0.2) is 16.8 Å². The van der Waals surface area contributed by atoms with Gasteiger partial charge in [-0.3, -0.25) is 9.59 Å². The molecule has 2 aromatic carbocycles. The molecule has 1 unspecified atom stereocenters. The molecular formula is C19H19NO3. The van der Waals surface area contributed by atoms with Crippen molar-refractivity contribution in [1.29, 1.82) is 0 Å². The molecule has 0 aliphatic carbocycles. The number of anilines is 1. The van der Waals surface area contributed by atoms with E-state index in [4.69, 9.17) is 0 Å². The second kappa shape index (κ2) is 5.32. The molecule has 0 bridgehead atoms. The Balaban J connectivity index is 1.99. The third-order valence-corrected chi connectivity index (χ3v) is 4.35. The number of hydrogen-bond donors (Lipinski definition) is 2. The molecule has 1 aliphatic rings. The zero-order chi connectivity index (χ0) is 16.8. The molecule has 3 rings (SSSR count). The molecule has 2 N–H and O–H groups in total. The molecule has 23 heavy (non-hydrogen) atoms. The highest BCUT2D eigenvalue weighted by molar-refractivity contribution is 6.09. The first-order valence-electron chi connectivity index (χ1n) is 7.57.